The lowest BCUT2D eigenvalue weighted by Crippen LogP contribution is -2.52. The van der Waals surface area contributed by atoms with Gasteiger partial charge in [-0.05, 0) is 59.0 Å². The summed E-state index contributed by atoms with van der Waals surface area (Å²) in [6, 6.07) is 0.441. The standard InChI is InChI=1S/C14H26N2O2/c1-16(2)14(10-17)8-6-11(7-9-14)13(18)15-12-4-3-5-12/h11-12,17H,3-10H2,1-2H3,(H,15,18). The highest BCUT2D eigenvalue weighted by Crippen LogP contribution is 2.35. The Bertz CT molecular complexity index is 292. The third-order valence-electron chi connectivity index (χ3n) is 4.98. The fraction of sp³-hybridized carbons (Fsp3) is 0.929. The summed E-state index contributed by atoms with van der Waals surface area (Å²) in [5.41, 5.74) is -0.104. The van der Waals surface area contributed by atoms with Gasteiger partial charge in [0.05, 0.1) is 6.61 Å². The number of carbonyl (C=O) groups is 1. The Morgan fingerprint density at radius 1 is 1.28 bits per heavy atom. The maximum absolute atomic E-state index is 12.1. The number of aliphatic hydroxyl groups is 1. The molecule has 4 nitrogen and oxygen atoms in total. The van der Waals surface area contributed by atoms with Crippen LogP contribution in [0.1, 0.15) is 44.9 Å². The number of carbonyl (C=O) groups excluding carboxylic acids is 1. The van der Waals surface area contributed by atoms with E-state index >= 15 is 0 Å². The number of rotatable bonds is 4. The Morgan fingerprint density at radius 2 is 1.89 bits per heavy atom. The molecule has 0 aromatic rings. The molecule has 0 aromatic carbocycles. The van der Waals surface area contributed by atoms with Gasteiger partial charge in [-0.25, -0.2) is 0 Å². The average Bonchev–Trinajstić information content (AvgIpc) is 2.33. The van der Waals surface area contributed by atoms with Crippen molar-refractivity contribution in [2.75, 3.05) is 20.7 Å². The molecule has 0 saturated heterocycles. The highest BCUT2D eigenvalue weighted by molar-refractivity contribution is 5.79. The SMILES string of the molecule is CN(C)C1(CO)CCC(C(=O)NC2CCC2)CC1. The molecule has 2 rings (SSSR count). The number of aliphatic hydroxyl groups excluding tert-OH is 1. The zero-order valence-electron chi connectivity index (χ0n) is 11.6. The number of amides is 1. The van der Waals surface area contributed by atoms with Gasteiger partial charge in [-0.1, -0.05) is 0 Å². The van der Waals surface area contributed by atoms with Crippen molar-refractivity contribution in [1.82, 2.24) is 10.2 Å². The summed E-state index contributed by atoms with van der Waals surface area (Å²) in [6.07, 6.45) is 7.18. The molecule has 4 heteroatoms. The monoisotopic (exact) mass is 254 g/mol. The van der Waals surface area contributed by atoms with Crippen LogP contribution in [0.25, 0.3) is 0 Å². The lowest BCUT2D eigenvalue weighted by Gasteiger charge is -2.43. The van der Waals surface area contributed by atoms with Crippen LogP contribution in [0.5, 0.6) is 0 Å². The Balaban J connectivity index is 1.83. The lowest BCUT2D eigenvalue weighted by molar-refractivity contribution is -0.128. The second-order valence-electron chi connectivity index (χ2n) is 6.19. The normalized spacial score (nSPS) is 33.2. The van der Waals surface area contributed by atoms with E-state index in [4.69, 9.17) is 0 Å². The number of likely N-dealkylation sites (N-methyl/N-ethyl adjacent to an activating group) is 1. The molecule has 0 bridgehead atoms. The largest absolute Gasteiger partial charge is 0.394 e. The van der Waals surface area contributed by atoms with Gasteiger partial charge in [0.1, 0.15) is 0 Å². The number of hydrogen-bond acceptors (Lipinski definition) is 3. The molecule has 1 amide bonds. The van der Waals surface area contributed by atoms with Crippen LogP contribution in [-0.4, -0.2) is 48.2 Å². The highest BCUT2D eigenvalue weighted by atomic mass is 16.3. The fourth-order valence-corrected chi connectivity index (χ4v) is 3.04. The summed E-state index contributed by atoms with van der Waals surface area (Å²) < 4.78 is 0. The van der Waals surface area contributed by atoms with E-state index in [-0.39, 0.29) is 24.0 Å². The van der Waals surface area contributed by atoms with Crippen molar-refractivity contribution in [1.29, 1.82) is 0 Å². The van der Waals surface area contributed by atoms with E-state index in [2.05, 4.69) is 10.2 Å². The molecule has 2 aliphatic rings. The smallest absolute Gasteiger partial charge is 0.223 e. The third kappa shape index (κ3) is 2.69. The minimum Gasteiger partial charge on any atom is -0.394 e. The van der Waals surface area contributed by atoms with Gasteiger partial charge >= 0.3 is 0 Å². The Kier molecular flexibility index (Phi) is 4.28. The van der Waals surface area contributed by atoms with Gasteiger partial charge < -0.3 is 15.3 Å². The first-order chi connectivity index (χ1) is 8.57. The van der Waals surface area contributed by atoms with E-state index in [0.717, 1.165) is 38.5 Å². The molecule has 0 aliphatic heterocycles. The molecule has 2 saturated carbocycles. The van der Waals surface area contributed by atoms with Crippen molar-refractivity contribution in [3.05, 3.63) is 0 Å². The summed E-state index contributed by atoms with van der Waals surface area (Å²) in [5, 5.41) is 12.7. The summed E-state index contributed by atoms with van der Waals surface area (Å²) in [5.74, 6) is 0.398. The quantitative estimate of drug-likeness (QED) is 0.791. The Morgan fingerprint density at radius 3 is 2.28 bits per heavy atom. The van der Waals surface area contributed by atoms with E-state index in [1.807, 2.05) is 14.1 Å². The van der Waals surface area contributed by atoms with Crippen LogP contribution in [0.15, 0.2) is 0 Å². The van der Waals surface area contributed by atoms with Crippen molar-refractivity contribution in [3.8, 4) is 0 Å². The van der Waals surface area contributed by atoms with Crippen molar-refractivity contribution >= 4 is 5.91 Å². The number of nitrogens with one attached hydrogen (secondary N) is 1. The van der Waals surface area contributed by atoms with Gasteiger partial charge in [0.25, 0.3) is 0 Å². The van der Waals surface area contributed by atoms with Crippen molar-refractivity contribution in [3.63, 3.8) is 0 Å². The third-order valence-corrected chi connectivity index (χ3v) is 4.98. The molecule has 2 N–H and O–H groups in total. The van der Waals surface area contributed by atoms with E-state index in [1.165, 1.54) is 6.42 Å². The van der Waals surface area contributed by atoms with Crippen LogP contribution < -0.4 is 5.32 Å². The van der Waals surface area contributed by atoms with Crippen molar-refractivity contribution < 1.29 is 9.90 Å². The molecule has 0 atom stereocenters. The molecular formula is C14H26N2O2. The molecule has 0 heterocycles. The van der Waals surface area contributed by atoms with E-state index in [1.54, 1.807) is 0 Å². The predicted molar refractivity (Wildman–Crippen MR) is 71.2 cm³/mol. The predicted octanol–water partition coefficient (Wildman–Crippen LogP) is 1.14. The van der Waals surface area contributed by atoms with Gasteiger partial charge in [-0.15, -0.1) is 0 Å². The maximum atomic E-state index is 12.1. The first-order valence-corrected chi connectivity index (χ1v) is 7.16. The average molecular weight is 254 g/mol. The summed E-state index contributed by atoms with van der Waals surface area (Å²) in [4.78, 5) is 14.2. The molecule has 0 aromatic heterocycles. The summed E-state index contributed by atoms with van der Waals surface area (Å²) in [6.45, 7) is 0.191. The van der Waals surface area contributed by atoms with Gasteiger partial charge in [-0.2, -0.15) is 0 Å². The van der Waals surface area contributed by atoms with Crippen LogP contribution in [0.3, 0.4) is 0 Å². The molecule has 104 valence electrons. The second kappa shape index (κ2) is 5.57. The Hall–Kier alpha value is -0.610. The molecule has 0 radical (unpaired) electrons. The minimum atomic E-state index is -0.104. The highest BCUT2D eigenvalue weighted by Gasteiger charge is 2.39. The molecule has 0 spiro atoms. The van der Waals surface area contributed by atoms with E-state index < -0.39 is 0 Å². The first kappa shape index (κ1) is 13.8. The van der Waals surface area contributed by atoms with Crippen LogP contribution in [0.4, 0.5) is 0 Å². The van der Waals surface area contributed by atoms with Crippen molar-refractivity contribution in [2.45, 2.75) is 56.5 Å². The first-order valence-electron chi connectivity index (χ1n) is 7.16. The molecule has 0 unspecified atom stereocenters. The summed E-state index contributed by atoms with van der Waals surface area (Å²) in [7, 11) is 4.04. The van der Waals surface area contributed by atoms with Crippen LogP contribution in [0, 0.1) is 5.92 Å². The molecule has 18 heavy (non-hydrogen) atoms. The molecule has 2 aliphatic carbocycles. The molecule has 2 fully saturated rings. The van der Waals surface area contributed by atoms with Crippen LogP contribution >= 0.6 is 0 Å². The van der Waals surface area contributed by atoms with Crippen LogP contribution in [0.2, 0.25) is 0 Å². The Labute approximate surface area is 110 Å². The molecular weight excluding hydrogens is 228 g/mol. The zero-order valence-corrected chi connectivity index (χ0v) is 11.6. The van der Waals surface area contributed by atoms with E-state index in [0.29, 0.717) is 6.04 Å². The fourth-order valence-electron chi connectivity index (χ4n) is 3.04. The zero-order chi connectivity index (χ0) is 13.2. The number of hydrogen-bond donors (Lipinski definition) is 2. The van der Waals surface area contributed by atoms with Gasteiger partial charge in [0.15, 0.2) is 0 Å². The topological polar surface area (TPSA) is 52.6 Å². The summed E-state index contributed by atoms with van der Waals surface area (Å²) >= 11 is 0. The van der Waals surface area contributed by atoms with E-state index in [9.17, 15) is 9.90 Å². The minimum absolute atomic E-state index is 0.104. The second-order valence-corrected chi connectivity index (χ2v) is 6.19. The number of nitrogens with zero attached hydrogens (tertiary/aromatic N) is 1. The maximum Gasteiger partial charge on any atom is 0.223 e. The van der Waals surface area contributed by atoms with Crippen molar-refractivity contribution in [2.24, 2.45) is 5.92 Å². The lowest BCUT2D eigenvalue weighted by atomic mass is 9.75. The van der Waals surface area contributed by atoms with Crippen LogP contribution in [-0.2, 0) is 4.79 Å². The van der Waals surface area contributed by atoms with Gasteiger partial charge in [0.2, 0.25) is 5.91 Å². The van der Waals surface area contributed by atoms with Gasteiger partial charge in [0, 0.05) is 17.5 Å². The van der Waals surface area contributed by atoms with Gasteiger partial charge in [-0.3, -0.25) is 4.79 Å².